The Hall–Kier alpha value is -1.20. The van der Waals surface area contributed by atoms with Crippen molar-refractivity contribution >= 4 is 16.8 Å². The van der Waals surface area contributed by atoms with Crippen molar-refractivity contribution in [3.63, 3.8) is 0 Å². The van der Waals surface area contributed by atoms with Gasteiger partial charge in [0.1, 0.15) is 12.8 Å². The van der Waals surface area contributed by atoms with E-state index in [9.17, 15) is 8.76 Å². The van der Waals surface area contributed by atoms with Crippen molar-refractivity contribution in [2.24, 2.45) is 5.16 Å². The first-order valence-electron chi connectivity index (χ1n) is 3.45. The maximum absolute atomic E-state index is 10.7. The SMILES string of the molecule is C=C1C=CC=C(S(=O)[O-])/C1=N/OC. The van der Waals surface area contributed by atoms with Crippen molar-refractivity contribution in [3.05, 3.63) is 35.3 Å². The third-order valence-electron chi connectivity index (χ3n) is 1.44. The third kappa shape index (κ3) is 2.13. The molecule has 0 aliphatic heterocycles. The van der Waals surface area contributed by atoms with Gasteiger partial charge in [0, 0.05) is 0 Å². The Labute approximate surface area is 78.6 Å². The van der Waals surface area contributed by atoms with Crippen LogP contribution in [-0.4, -0.2) is 21.6 Å². The van der Waals surface area contributed by atoms with E-state index in [2.05, 4.69) is 16.6 Å². The minimum absolute atomic E-state index is 0.0920. The van der Waals surface area contributed by atoms with Gasteiger partial charge in [-0.15, -0.1) is 0 Å². The monoisotopic (exact) mass is 198 g/mol. The van der Waals surface area contributed by atoms with Gasteiger partial charge in [0.2, 0.25) is 0 Å². The molecule has 0 amide bonds. The summed E-state index contributed by atoms with van der Waals surface area (Å²) < 4.78 is 21.4. The summed E-state index contributed by atoms with van der Waals surface area (Å²) >= 11 is -2.32. The lowest BCUT2D eigenvalue weighted by Gasteiger charge is -2.14. The van der Waals surface area contributed by atoms with Gasteiger partial charge < -0.3 is 9.39 Å². The Morgan fingerprint density at radius 3 is 2.92 bits per heavy atom. The van der Waals surface area contributed by atoms with Crippen LogP contribution in [0, 0.1) is 0 Å². The number of nitrogens with zero attached hydrogens (tertiary/aromatic N) is 1. The predicted molar refractivity (Wildman–Crippen MR) is 49.7 cm³/mol. The molecule has 13 heavy (non-hydrogen) atoms. The molecular formula is C8H8NO3S-. The minimum Gasteiger partial charge on any atom is -0.768 e. The van der Waals surface area contributed by atoms with E-state index < -0.39 is 11.1 Å². The second-order valence-corrected chi connectivity index (χ2v) is 3.18. The molecule has 0 N–H and O–H groups in total. The fraction of sp³-hybridized carbons (Fsp3) is 0.125. The zero-order valence-corrected chi connectivity index (χ0v) is 7.84. The molecule has 0 spiro atoms. The van der Waals surface area contributed by atoms with E-state index in [-0.39, 0.29) is 10.6 Å². The lowest BCUT2D eigenvalue weighted by Crippen LogP contribution is -2.12. The van der Waals surface area contributed by atoms with Gasteiger partial charge in [-0.05, 0) is 22.7 Å². The van der Waals surface area contributed by atoms with E-state index in [4.69, 9.17) is 0 Å². The van der Waals surface area contributed by atoms with Crippen LogP contribution in [0.25, 0.3) is 0 Å². The van der Waals surface area contributed by atoms with Crippen molar-refractivity contribution in [2.45, 2.75) is 0 Å². The fourth-order valence-corrected chi connectivity index (χ4v) is 1.41. The lowest BCUT2D eigenvalue weighted by atomic mass is 10.1. The molecule has 1 atom stereocenters. The van der Waals surface area contributed by atoms with Gasteiger partial charge in [-0.3, -0.25) is 4.21 Å². The van der Waals surface area contributed by atoms with Crippen LogP contribution >= 0.6 is 0 Å². The Morgan fingerprint density at radius 2 is 2.38 bits per heavy atom. The summed E-state index contributed by atoms with van der Waals surface area (Å²) in [5.41, 5.74) is 0.766. The van der Waals surface area contributed by atoms with Gasteiger partial charge >= 0.3 is 0 Å². The molecule has 0 aromatic rings. The van der Waals surface area contributed by atoms with Crippen molar-refractivity contribution in [1.29, 1.82) is 0 Å². The normalized spacial score (nSPS) is 21.5. The molecule has 0 fully saturated rings. The highest BCUT2D eigenvalue weighted by atomic mass is 32.2. The van der Waals surface area contributed by atoms with Crippen LogP contribution in [0.3, 0.4) is 0 Å². The molecule has 0 saturated carbocycles. The van der Waals surface area contributed by atoms with E-state index in [1.807, 2.05) is 0 Å². The molecule has 0 heterocycles. The molecule has 0 saturated heterocycles. The van der Waals surface area contributed by atoms with Gasteiger partial charge in [0.25, 0.3) is 0 Å². The molecule has 1 unspecified atom stereocenters. The van der Waals surface area contributed by atoms with E-state index in [1.165, 1.54) is 13.2 Å². The van der Waals surface area contributed by atoms with Gasteiger partial charge in [-0.25, -0.2) is 0 Å². The van der Waals surface area contributed by atoms with Gasteiger partial charge in [-0.2, -0.15) is 0 Å². The molecule has 1 rings (SSSR count). The fourth-order valence-electron chi connectivity index (χ4n) is 0.897. The first-order valence-corrected chi connectivity index (χ1v) is 4.52. The standard InChI is InChI=1S/C8H9NO3S/c1-6-4-3-5-7(13(10)11)8(6)9-12-2/h3-5H,1H2,2H3,(H,10,11)/p-1/b9-8+. The number of rotatable bonds is 2. The molecule has 1 aliphatic carbocycles. The van der Waals surface area contributed by atoms with Crippen molar-refractivity contribution in [2.75, 3.05) is 7.11 Å². The zero-order valence-electron chi connectivity index (χ0n) is 7.02. The molecule has 4 nitrogen and oxygen atoms in total. The van der Waals surface area contributed by atoms with Gasteiger partial charge in [0.05, 0.1) is 4.91 Å². The number of allylic oxidation sites excluding steroid dienone is 5. The van der Waals surface area contributed by atoms with E-state index >= 15 is 0 Å². The average molecular weight is 198 g/mol. The topological polar surface area (TPSA) is 61.7 Å². The summed E-state index contributed by atoms with van der Waals surface area (Å²) in [6, 6.07) is 0. The summed E-state index contributed by atoms with van der Waals surface area (Å²) in [5.74, 6) is 0. The minimum atomic E-state index is -2.32. The summed E-state index contributed by atoms with van der Waals surface area (Å²) in [7, 11) is 1.35. The van der Waals surface area contributed by atoms with Crippen molar-refractivity contribution in [1.82, 2.24) is 0 Å². The van der Waals surface area contributed by atoms with Crippen LogP contribution in [-0.2, 0) is 15.9 Å². The smallest absolute Gasteiger partial charge is 0.124 e. The summed E-state index contributed by atoms with van der Waals surface area (Å²) in [6.45, 7) is 3.64. The molecule has 0 aromatic carbocycles. The maximum atomic E-state index is 10.7. The summed E-state index contributed by atoms with van der Waals surface area (Å²) in [4.78, 5) is 4.60. The highest BCUT2D eigenvalue weighted by molar-refractivity contribution is 7.84. The van der Waals surface area contributed by atoms with E-state index in [1.54, 1.807) is 12.2 Å². The van der Waals surface area contributed by atoms with Crippen molar-refractivity contribution < 1.29 is 13.6 Å². The Bertz CT molecular complexity index is 341. The molecule has 70 valence electrons. The number of hydrogen-bond donors (Lipinski definition) is 0. The molecular weight excluding hydrogens is 190 g/mol. The molecule has 0 aromatic heterocycles. The second-order valence-electron chi connectivity index (χ2n) is 2.27. The first kappa shape index (κ1) is 9.88. The second kappa shape index (κ2) is 4.15. The predicted octanol–water partition coefficient (Wildman–Crippen LogP) is 0.878. The Balaban J connectivity index is 3.10. The van der Waals surface area contributed by atoms with Crippen LogP contribution in [0.4, 0.5) is 0 Å². The highest BCUT2D eigenvalue weighted by Crippen LogP contribution is 2.16. The summed E-state index contributed by atoms with van der Waals surface area (Å²) in [6.07, 6.45) is 4.70. The first-order chi connectivity index (χ1) is 6.16. The summed E-state index contributed by atoms with van der Waals surface area (Å²) in [5, 5.41) is 3.57. The van der Waals surface area contributed by atoms with Crippen LogP contribution in [0.15, 0.2) is 40.4 Å². The zero-order chi connectivity index (χ0) is 9.84. The van der Waals surface area contributed by atoms with Crippen molar-refractivity contribution in [3.8, 4) is 0 Å². The highest BCUT2D eigenvalue weighted by Gasteiger charge is 2.13. The molecule has 5 heteroatoms. The molecule has 0 bridgehead atoms. The van der Waals surface area contributed by atoms with Gasteiger partial charge in [-0.1, -0.05) is 23.9 Å². The molecule has 1 aliphatic rings. The van der Waals surface area contributed by atoms with Gasteiger partial charge in [0.15, 0.2) is 0 Å². The van der Waals surface area contributed by atoms with Crippen LogP contribution in [0.5, 0.6) is 0 Å². The van der Waals surface area contributed by atoms with Crippen LogP contribution in [0.1, 0.15) is 0 Å². The average Bonchev–Trinajstić information content (AvgIpc) is 2.08. The number of oxime groups is 1. The van der Waals surface area contributed by atoms with Crippen LogP contribution < -0.4 is 0 Å². The van der Waals surface area contributed by atoms with E-state index in [0.717, 1.165) is 0 Å². The quantitative estimate of drug-likeness (QED) is 0.488. The number of hydrogen-bond acceptors (Lipinski definition) is 4. The Morgan fingerprint density at radius 1 is 1.69 bits per heavy atom. The van der Waals surface area contributed by atoms with Crippen LogP contribution in [0.2, 0.25) is 0 Å². The Kier molecular flexibility index (Phi) is 3.16. The lowest BCUT2D eigenvalue weighted by molar-refractivity contribution is 0.214. The van der Waals surface area contributed by atoms with E-state index in [0.29, 0.717) is 5.57 Å². The maximum Gasteiger partial charge on any atom is 0.124 e. The molecule has 0 radical (unpaired) electrons. The third-order valence-corrected chi connectivity index (χ3v) is 2.13. The largest absolute Gasteiger partial charge is 0.768 e.